The zero-order valence-electron chi connectivity index (χ0n) is 67.2. The Kier molecular flexibility index (Phi) is 23.9. The molecule has 660 valence electrons. The predicted octanol–water partition coefficient (Wildman–Crippen LogP) is 17.1. The molecule has 125 heavy (non-hydrogen) atoms. The summed E-state index contributed by atoms with van der Waals surface area (Å²) in [5.41, 5.74) is -4.71. The largest absolute Gasteiger partial charge is 0.447 e. The minimum absolute atomic E-state index is 0.0480. The zero-order chi connectivity index (χ0) is 91.0. The number of halogens is 17. The first kappa shape index (κ1) is 90.6. The average Bonchev–Trinajstić information content (AvgIpc) is 1.52. The van der Waals surface area contributed by atoms with Crippen molar-refractivity contribution in [1.29, 1.82) is 0 Å². The lowest BCUT2D eigenvalue weighted by atomic mass is 9.86. The summed E-state index contributed by atoms with van der Waals surface area (Å²) < 4.78 is 267. The van der Waals surface area contributed by atoms with Crippen LogP contribution in [0.2, 0.25) is 15.2 Å². The van der Waals surface area contributed by atoms with Crippen molar-refractivity contribution in [1.82, 2.24) is 58.9 Å². The van der Waals surface area contributed by atoms with Gasteiger partial charge in [-0.25, -0.2) is 54.0 Å². The molecule has 0 spiro atoms. The molecule has 41 heteroatoms. The standard InChI is InChI=1S/C42H36ClF7N6O5S.C34H26Cl2F7N5O3S.C8H11NO2/c1-40(2,55-11-12-61-39(55)58)10-9-25-5-6-27(28-7-8-31(43)34-32(20-62(4,59)60)52-54(3)36(28)34)35(51-25)22(13-21-14-23(44)17-24(45)15-21)16-26(57)19-56-38-33(37(53-56)42(48,49)50)29-18-30(29)41(38,46)47;1-47-30-21(3-5-24(35)28(30)25(45-47)14-52(2,50)51)20-4-6-26(36)44-29(20)16(7-15-8-17(37)11-18(38)9-15)10-19(49)13-48-32-27(31(46-48)34(41,42)43)22-12-23(22)33(32,39)40;1-4-8(2,3)9-5-6-11-7(9)10/h5-8,14-15,17,22,29-30H,11-13,16,18-20H2,1-4H3;3-6,8-9,11,16,22-23H,7,10,12-14H2,1-2H3;1H,5-6H2,2-3H3/t22-,29+,30-;16-,22+,23-;/m11./s1. The fraction of sp³-hybridized carbons (Fsp3) is 0.405. The van der Waals surface area contributed by atoms with Crippen molar-refractivity contribution < 1.29 is 107 Å². The number of hydrogen-bond acceptors (Lipinski definition) is 16. The fourth-order valence-electron chi connectivity index (χ4n) is 17.0. The van der Waals surface area contributed by atoms with E-state index in [1.807, 2.05) is 13.8 Å². The van der Waals surface area contributed by atoms with E-state index in [1.54, 1.807) is 57.1 Å². The molecule has 6 aliphatic rings. The summed E-state index contributed by atoms with van der Waals surface area (Å²) in [7, 11) is -4.05. The summed E-state index contributed by atoms with van der Waals surface area (Å²) in [5.74, 6) is -12.0. The Balaban J connectivity index is 0.000000183. The third-order valence-electron chi connectivity index (χ3n) is 22.5. The topological polar surface area (TPSA) is 259 Å². The van der Waals surface area contributed by atoms with E-state index in [1.165, 1.54) is 38.5 Å². The van der Waals surface area contributed by atoms with Gasteiger partial charge in [0.2, 0.25) is 0 Å². The Bertz CT molecular complexity index is 6450. The van der Waals surface area contributed by atoms with Gasteiger partial charge in [-0.15, -0.1) is 6.42 Å². The number of terminal acetylenes is 1. The molecule has 2 aliphatic heterocycles. The number of benzene rings is 4. The number of aryl methyl sites for hydroxylation is 2. The maximum Gasteiger partial charge on any atom is 0.435 e. The number of ether oxygens (including phenoxy) is 2. The van der Waals surface area contributed by atoms with Gasteiger partial charge in [0.05, 0.1) is 68.4 Å². The van der Waals surface area contributed by atoms with E-state index in [0.29, 0.717) is 73.3 Å². The number of Topliss-reactive ketones (excluding diaryl/α,β-unsaturated/α-hetero) is 2. The molecule has 0 N–H and O–H groups in total. The van der Waals surface area contributed by atoms with Crippen LogP contribution in [-0.2, 0) is 114 Å². The molecule has 10 aromatic rings. The van der Waals surface area contributed by atoms with Gasteiger partial charge in [-0.1, -0.05) is 58.8 Å². The number of nitrogens with zero attached hydrogens (tertiary/aromatic N) is 12. The lowest BCUT2D eigenvalue weighted by Gasteiger charge is -2.27. The van der Waals surface area contributed by atoms with Crippen LogP contribution < -0.4 is 0 Å². The molecule has 0 bridgehead atoms. The molecular weight excluding hydrogens is 1770 g/mol. The molecule has 16 rings (SSSR count). The van der Waals surface area contributed by atoms with Crippen molar-refractivity contribution in [3.05, 3.63) is 197 Å². The number of sulfone groups is 2. The minimum Gasteiger partial charge on any atom is -0.447 e. The summed E-state index contributed by atoms with van der Waals surface area (Å²) in [5, 5.41) is 16.7. The van der Waals surface area contributed by atoms with Crippen LogP contribution in [0.1, 0.15) is 151 Å². The first-order valence-electron chi connectivity index (χ1n) is 38.5. The summed E-state index contributed by atoms with van der Waals surface area (Å²) in [6.45, 7) is 6.54. The third kappa shape index (κ3) is 18.4. The van der Waals surface area contributed by atoms with Gasteiger partial charge in [0.1, 0.15) is 82.9 Å². The SMILES string of the molecule is C#CC(C)(C)N1CCOC1=O.Cn1nc(CS(C)(=O)=O)c2c(Cl)ccc(-c3ccc(C#CC(C)(C)N4CCOC4=O)nc3[C@@H](CC(=O)Cn3nc(C(F)(F)F)c4c3C(F)(F)[C@@H]3C[C@H]43)Cc3cc(F)cc(F)c3)c21.Cn1nc(CS(C)(=O)=O)c2c(Cl)ccc(-c3ccc(Cl)nc3[C@@H](CC(=O)Cn3nc(C(F)(F)F)c4c3C(F)(F)[C@@H]3C[C@H]43)Cc3cc(F)cc(F)c3)c21. The number of aromatic nitrogens is 10. The molecule has 4 aliphatic carbocycles. The smallest absolute Gasteiger partial charge is 0.435 e. The lowest BCUT2D eigenvalue weighted by molar-refractivity contribution is -0.143. The Hall–Kier alpha value is -10.7. The number of cyclic esters (lactones) is 2. The molecule has 0 radical (unpaired) electrons. The molecule has 4 aromatic carbocycles. The van der Waals surface area contributed by atoms with Crippen LogP contribution in [0.15, 0.2) is 84.9 Å². The van der Waals surface area contributed by atoms with E-state index < -0.39 is 203 Å². The number of carbonyl (C=O) groups is 4. The van der Waals surface area contributed by atoms with Gasteiger partial charge < -0.3 is 9.47 Å². The van der Waals surface area contributed by atoms with E-state index in [4.69, 9.17) is 55.7 Å². The van der Waals surface area contributed by atoms with E-state index in [2.05, 4.69) is 43.1 Å². The van der Waals surface area contributed by atoms with E-state index in [-0.39, 0.29) is 105 Å². The Morgan fingerprint density at radius 2 is 0.944 bits per heavy atom. The first-order valence-corrected chi connectivity index (χ1v) is 43.8. The number of hydrogen-bond donors (Lipinski definition) is 0. The highest BCUT2D eigenvalue weighted by atomic mass is 35.5. The van der Waals surface area contributed by atoms with Crippen LogP contribution >= 0.6 is 34.8 Å². The molecule has 8 heterocycles. The van der Waals surface area contributed by atoms with Crippen LogP contribution in [0.3, 0.4) is 0 Å². The van der Waals surface area contributed by atoms with Gasteiger partial charge in [0.25, 0.3) is 11.8 Å². The maximum atomic E-state index is 15.5. The molecule has 4 fully saturated rings. The van der Waals surface area contributed by atoms with Crippen LogP contribution in [0.25, 0.3) is 44.1 Å². The fourth-order valence-corrected chi connectivity index (χ4v) is 19.1. The number of carbonyl (C=O) groups excluding carboxylic acids is 4. The van der Waals surface area contributed by atoms with Crippen LogP contribution in [0, 0.1) is 59.3 Å². The molecule has 2 amide bonds. The molecule has 22 nitrogen and oxygen atoms in total. The van der Waals surface area contributed by atoms with Gasteiger partial charge in [-0.3, -0.25) is 38.1 Å². The highest BCUT2D eigenvalue weighted by Gasteiger charge is 2.70. The van der Waals surface area contributed by atoms with Gasteiger partial charge >= 0.3 is 24.5 Å². The van der Waals surface area contributed by atoms with Crippen molar-refractivity contribution >= 4 is 100 Å². The van der Waals surface area contributed by atoms with Gasteiger partial charge in [0, 0.05) is 119 Å². The van der Waals surface area contributed by atoms with E-state index in [9.17, 15) is 79.9 Å². The summed E-state index contributed by atoms with van der Waals surface area (Å²) >= 11 is 19.6. The Labute approximate surface area is 719 Å². The molecule has 2 saturated heterocycles. The summed E-state index contributed by atoms with van der Waals surface area (Å²) in [6.07, 6.45) is -5.64. The minimum atomic E-state index is -5.07. The van der Waals surface area contributed by atoms with Crippen LogP contribution in [-0.4, -0.2) is 149 Å². The van der Waals surface area contributed by atoms with Crippen molar-refractivity contribution in [3.8, 4) is 46.4 Å². The van der Waals surface area contributed by atoms with Gasteiger partial charge in [-0.05, 0) is 143 Å². The van der Waals surface area contributed by atoms with Crippen LogP contribution in [0.5, 0.6) is 0 Å². The number of pyridine rings is 2. The molecule has 6 atom stereocenters. The number of rotatable bonds is 22. The second kappa shape index (κ2) is 32.9. The second-order valence-electron chi connectivity index (χ2n) is 32.7. The number of alkyl halides is 10. The normalized spacial score (nSPS) is 18.5. The molecular formula is C84H73Cl3F14N12O10S2. The van der Waals surface area contributed by atoms with Gasteiger partial charge in [-0.2, -0.15) is 64.3 Å². The zero-order valence-corrected chi connectivity index (χ0v) is 71.1. The van der Waals surface area contributed by atoms with Gasteiger partial charge in [0.15, 0.2) is 42.6 Å². The van der Waals surface area contributed by atoms with Crippen LogP contribution in [0.4, 0.5) is 71.1 Å². The summed E-state index contributed by atoms with van der Waals surface area (Å²) in [4.78, 5) is 63.7. The molecule has 6 aromatic heterocycles. The highest BCUT2D eigenvalue weighted by molar-refractivity contribution is 7.90. The average molecular weight is 1850 g/mol. The number of amides is 2. The van der Waals surface area contributed by atoms with E-state index in [0.717, 1.165) is 36.8 Å². The quantitative estimate of drug-likeness (QED) is 0.0347. The van der Waals surface area contributed by atoms with E-state index >= 15 is 17.6 Å². The van der Waals surface area contributed by atoms with Crippen molar-refractivity contribution in [2.75, 3.05) is 38.8 Å². The van der Waals surface area contributed by atoms with Crippen molar-refractivity contribution in [2.24, 2.45) is 25.9 Å². The third-order valence-corrected chi connectivity index (χ3v) is 25.0. The van der Waals surface area contributed by atoms with Crippen molar-refractivity contribution in [2.45, 2.75) is 150 Å². The Morgan fingerprint density at radius 1 is 0.560 bits per heavy atom. The molecule has 0 unspecified atom stereocenters. The molecule has 2 saturated carbocycles. The predicted molar refractivity (Wildman–Crippen MR) is 429 cm³/mol. The second-order valence-corrected chi connectivity index (χ2v) is 38.2. The number of fused-ring (bicyclic) bond motifs is 8. The summed E-state index contributed by atoms with van der Waals surface area (Å²) in [6, 6.07) is 17.8. The monoisotopic (exact) mass is 1840 g/mol. The highest BCUT2D eigenvalue weighted by Crippen LogP contribution is 2.70. The maximum absolute atomic E-state index is 15.5. The number of ketones is 2. The first-order chi connectivity index (χ1) is 58.2. The Morgan fingerprint density at radius 3 is 1.32 bits per heavy atom. The van der Waals surface area contributed by atoms with Crippen molar-refractivity contribution in [3.63, 3.8) is 0 Å². The lowest BCUT2D eigenvalue weighted by Crippen LogP contribution is -2.43.